The molecule has 0 bridgehead atoms. The number of nitrogens with two attached hydrogens (primary N) is 1. The van der Waals surface area contributed by atoms with Crippen LogP contribution < -0.4 is 5.73 Å². The predicted molar refractivity (Wildman–Crippen MR) is 51.1 cm³/mol. The lowest BCUT2D eigenvalue weighted by atomic mass is 10.1. The van der Waals surface area contributed by atoms with E-state index in [1.54, 1.807) is 13.0 Å². The first-order valence-electron chi connectivity index (χ1n) is 4.32. The van der Waals surface area contributed by atoms with Crippen molar-refractivity contribution in [2.45, 2.75) is 13.3 Å². The molecule has 0 spiro atoms. The van der Waals surface area contributed by atoms with E-state index in [1.165, 1.54) is 12.1 Å². The van der Waals surface area contributed by atoms with Gasteiger partial charge in [0.05, 0.1) is 13.0 Å². The van der Waals surface area contributed by atoms with Crippen molar-refractivity contribution in [2.75, 3.05) is 12.3 Å². The molecule has 0 aromatic heterocycles. The zero-order valence-corrected chi connectivity index (χ0v) is 7.92. The number of nitrogen functional groups attached to an aromatic ring is 1. The highest BCUT2D eigenvalue weighted by molar-refractivity contribution is 5.73. The Kier molecular flexibility index (Phi) is 3.45. The van der Waals surface area contributed by atoms with Crippen molar-refractivity contribution in [1.82, 2.24) is 0 Å². The highest BCUT2D eigenvalue weighted by atomic mass is 19.1. The third-order valence-electron chi connectivity index (χ3n) is 1.63. The van der Waals surface area contributed by atoms with Crippen LogP contribution in [0.15, 0.2) is 18.2 Å². The Bertz CT molecular complexity index is 319. The van der Waals surface area contributed by atoms with Crippen molar-refractivity contribution in [1.29, 1.82) is 0 Å². The molecule has 4 heteroatoms. The molecule has 0 fully saturated rings. The lowest BCUT2D eigenvalue weighted by Crippen LogP contribution is -2.07. The largest absolute Gasteiger partial charge is 0.466 e. The van der Waals surface area contributed by atoms with E-state index >= 15 is 0 Å². The number of carbonyl (C=O) groups is 1. The fourth-order valence-electron chi connectivity index (χ4n) is 1.16. The molecule has 0 amide bonds. The molecule has 14 heavy (non-hydrogen) atoms. The second-order valence-electron chi connectivity index (χ2n) is 2.87. The van der Waals surface area contributed by atoms with Gasteiger partial charge < -0.3 is 10.5 Å². The van der Waals surface area contributed by atoms with Crippen molar-refractivity contribution >= 4 is 11.7 Å². The summed E-state index contributed by atoms with van der Waals surface area (Å²) < 4.78 is 17.6. The van der Waals surface area contributed by atoms with E-state index in [2.05, 4.69) is 0 Å². The second-order valence-corrected chi connectivity index (χ2v) is 2.87. The Morgan fingerprint density at radius 2 is 2.21 bits per heavy atom. The molecule has 0 unspecified atom stereocenters. The molecule has 76 valence electrons. The molecule has 2 N–H and O–H groups in total. The Labute approximate surface area is 81.7 Å². The van der Waals surface area contributed by atoms with Crippen LogP contribution in [0.1, 0.15) is 12.5 Å². The normalized spacial score (nSPS) is 9.86. The van der Waals surface area contributed by atoms with Crippen molar-refractivity contribution in [3.8, 4) is 0 Å². The second kappa shape index (κ2) is 4.60. The Morgan fingerprint density at radius 1 is 1.50 bits per heavy atom. The van der Waals surface area contributed by atoms with Gasteiger partial charge in [0.25, 0.3) is 0 Å². The molecule has 0 radical (unpaired) electrons. The summed E-state index contributed by atoms with van der Waals surface area (Å²) in [5, 5.41) is 0. The van der Waals surface area contributed by atoms with Crippen LogP contribution in [-0.2, 0) is 16.0 Å². The molecule has 1 aromatic carbocycles. The zero-order valence-electron chi connectivity index (χ0n) is 7.92. The van der Waals surface area contributed by atoms with Gasteiger partial charge in [-0.05, 0) is 30.7 Å². The van der Waals surface area contributed by atoms with E-state index in [9.17, 15) is 9.18 Å². The van der Waals surface area contributed by atoms with Crippen LogP contribution in [0, 0.1) is 5.82 Å². The molecule has 0 atom stereocenters. The molecule has 0 aliphatic rings. The third kappa shape index (κ3) is 3.05. The van der Waals surface area contributed by atoms with Crippen LogP contribution >= 0.6 is 0 Å². The standard InChI is InChI=1S/C10H12FNO2/c1-2-14-10(13)5-7-3-8(11)6-9(12)4-7/h3-4,6H,2,5,12H2,1H3. The number of carbonyl (C=O) groups excluding carboxylic acids is 1. The van der Waals surface area contributed by atoms with Gasteiger partial charge in [0, 0.05) is 5.69 Å². The third-order valence-corrected chi connectivity index (χ3v) is 1.63. The maximum Gasteiger partial charge on any atom is 0.310 e. The minimum absolute atomic E-state index is 0.0514. The van der Waals surface area contributed by atoms with Crippen LogP contribution in [0.3, 0.4) is 0 Å². The van der Waals surface area contributed by atoms with E-state index < -0.39 is 5.82 Å². The number of esters is 1. The summed E-state index contributed by atoms with van der Waals surface area (Å²) in [6.45, 7) is 2.04. The van der Waals surface area contributed by atoms with Gasteiger partial charge in [-0.15, -0.1) is 0 Å². The van der Waals surface area contributed by atoms with Crippen LogP contribution in [0.2, 0.25) is 0 Å². The summed E-state index contributed by atoms with van der Waals surface area (Å²) in [7, 11) is 0. The SMILES string of the molecule is CCOC(=O)Cc1cc(N)cc(F)c1. The molecule has 0 heterocycles. The summed E-state index contributed by atoms with van der Waals surface area (Å²) in [4.78, 5) is 11.0. The van der Waals surface area contributed by atoms with E-state index in [0.29, 0.717) is 17.9 Å². The van der Waals surface area contributed by atoms with Gasteiger partial charge in [-0.1, -0.05) is 0 Å². The van der Waals surface area contributed by atoms with E-state index in [1.807, 2.05) is 0 Å². The number of ether oxygens (including phenoxy) is 1. The molecule has 0 saturated carbocycles. The molecule has 0 aliphatic carbocycles. The van der Waals surface area contributed by atoms with Crippen LogP contribution in [0.25, 0.3) is 0 Å². The lowest BCUT2D eigenvalue weighted by Gasteiger charge is -2.03. The summed E-state index contributed by atoms with van der Waals surface area (Å²) in [5.41, 5.74) is 6.26. The fraction of sp³-hybridized carbons (Fsp3) is 0.300. The summed E-state index contributed by atoms with van der Waals surface area (Å²) in [6, 6.07) is 4.03. The fourth-order valence-corrected chi connectivity index (χ4v) is 1.16. The first kappa shape index (κ1) is 10.5. The lowest BCUT2D eigenvalue weighted by molar-refractivity contribution is -0.142. The van der Waals surface area contributed by atoms with Gasteiger partial charge in [-0.2, -0.15) is 0 Å². The number of rotatable bonds is 3. The summed E-state index contributed by atoms with van der Waals surface area (Å²) >= 11 is 0. The summed E-state index contributed by atoms with van der Waals surface area (Å²) in [5.74, 6) is -0.818. The van der Waals surface area contributed by atoms with Crippen LogP contribution in [0.5, 0.6) is 0 Å². The molecule has 1 rings (SSSR count). The van der Waals surface area contributed by atoms with E-state index in [0.717, 1.165) is 0 Å². The van der Waals surface area contributed by atoms with Crippen LogP contribution in [-0.4, -0.2) is 12.6 Å². The van der Waals surface area contributed by atoms with Gasteiger partial charge in [0.15, 0.2) is 0 Å². The molecule has 0 saturated heterocycles. The van der Waals surface area contributed by atoms with E-state index in [-0.39, 0.29) is 12.4 Å². The Balaban J connectivity index is 2.71. The van der Waals surface area contributed by atoms with Crippen molar-refractivity contribution in [2.24, 2.45) is 0 Å². The average molecular weight is 197 g/mol. The number of anilines is 1. The Hall–Kier alpha value is -1.58. The molecular weight excluding hydrogens is 185 g/mol. The van der Waals surface area contributed by atoms with Gasteiger partial charge in [-0.25, -0.2) is 4.39 Å². The molecule has 1 aromatic rings. The highest BCUT2D eigenvalue weighted by Crippen LogP contribution is 2.11. The number of halogens is 1. The maximum atomic E-state index is 12.8. The zero-order chi connectivity index (χ0) is 10.6. The Morgan fingerprint density at radius 3 is 2.79 bits per heavy atom. The van der Waals surface area contributed by atoms with Crippen molar-refractivity contribution in [3.63, 3.8) is 0 Å². The topological polar surface area (TPSA) is 52.3 Å². The number of benzene rings is 1. The quantitative estimate of drug-likeness (QED) is 0.590. The van der Waals surface area contributed by atoms with Gasteiger partial charge in [0.2, 0.25) is 0 Å². The van der Waals surface area contributed by atoms with E-state index in [4.69, 9.17) is 10.5 Å². The smallest absolute Gasteiger partial charge is 0.310 e. The van der Waals surface area contributed by atoms with Gasteiger partial charge in [0.1, 0.15) is 5.82 Å². The summed E-state index contributed by atoms with van der Waals surface area (Å²) in [6.07, 6.45) is 0.0514. The maximum absolute atomic E-state index is 12.8. The van der Waals surface area contributed by atoms with Crippen LogP contribution in [0.4, 0.5) is 10.1 Å². The number of hydrogen-bond acceptors (Lipinski definition) is 3. The minimum atomic E-state index is -0.440. The highest BCUT2D eigenvalue weighted by Gasteiger charge is 2.05. The first-order valence-corrected chi connectivity index (χ1v) is 4.32. The van der Waals surface area contributed by atoms with Gasteiger partial charge >= 0.3 is 5.97 Å². The minimum Gasteiger partial charge on any atom is -0.466 e. The monoisotopic (exact) mass is 197 g/mol. The molecule has 3 nitrogen and oxygen atoms in total. The van der Waals surface area contributed by atoms with Crippen molar-refractivity contribution < 1.29 is 13.9 Å². The van der Waals surface area contributed by atoms with Gasteiger partial charge in [-0.3, -0.25) is 4.79 Å². The average Bonchev–Trinajstić information content (AvgIpc) is 2.01. The number of hydrogen-bond donors (Lipinski definition) is 1. The molecule has 0 aliphatic heterocycles. The first-order chi connectivity index (χ1) is 6.61. The van der Waals surface area contributed by atoms with Crippen molar-refractivity contribution in [3.05, 3.63) is 29.6 Å². The predicted octanol–water partition coefficient (Wildman–Crippen LogP) is 1.51. The molecular formula is C10H12FNO2.